The molecular formula is C13H22N4O. The summed E-state index contributed by atoms with van der Waals surface area (Å²) in [6.07, 6.45) is 6.48. The number of hydrogen-bond acceptors (Lipinski definition) is 3. The fourth-order valence-electron chi connectivity index (χ4n) is 2.61. The summed E-state index contributed by atoms with van der Waals surface area (Å²) in [5.41, 5.74) is 0.563. The summed E-state index contributed by atoms with van der Waals surface area (Å²) in [5, 5.41) is 10.5. The number of rotatable bonds is 5. The van der Waals surface area contributed by atoms with Gasteiger partial charge < -0.3 is 10.6 Å². The van der Waals surface area contributed by atoms with Crippen LogP contribution in [0.25, 0.3) is 0 Å². The van der Waals surface area contributed by atoms with E-state index >= 15 is 0 Å². The number of carbonyl (C=O) groups is 1. The van der Waals surface area contributed by atoms with Gasteiger partial charge in [0.25, 0.3) is 0 Å². The molecule has 0 saturated carbocycles. The lowest BCUT2D eigenvalue weighted by molar-refractivity contribution is -0.125. The molecule has 100 valence electrons. The second-order valence-corrected chi connectivity index (χ2v) is 5.00. The number of nitrogens with zero attached hydrogens (tertiary/aromatic N) is 2. The lowest BCUT2D eigenvalue weighted by Crippen LogP contribution is -2.38. The highest BCUT2D eigenvalue weighted by Crippen LogP contribution is 2.32. The summed E-state index contributed by atoms with van der Waals surface area (Å²) < 4.78 is 1.81. The maximum atomic E-state index is 12.4. The first-order chi connectivity index (χ1) is 8.70. The highest BCUT2D eigenvalue weighted by Gasteiger charge is 2.40. The van der Waals surface area contributed by atoms with E-state index in [1.165, 1.54) is 0 Å². The number of nitrogens with one attached hydrogen (secondary N) is 2. The summed E-state index contributed by atoms with van der Waals surface area (Å²) in [6.45, 7) is 6.69. The molecule has 0 radical (unpaired) electrons. The molecule has 1 amide bonds. The van der Waals surface area contributed by atoms with E-state index in [0.29, 0.717) is 0 Å². The van der Waals surface area contributed by atoms with Crippen LogP contribution in [0.5, 0.6) is 0 Å². The van der Waals surface area contributed by atoms with Crippen molar-refractivity contribution in [1.82, 2.24) is 15.1 Å². The van der Waals surface area contributed by atoms with Crippen LogP contribution < -0.4 is 10.6 Å². The molecule has 2 heterocycles. The van der Waals surface area contributed by atoms with Crippen molar-refractivity contribution in [2.45, 2.75) is 39.7 Å². The number of anilines is 1. The standard InChI is InChI=1S/C13H22N4O/c1-3-5-13(6-7-14-10-13)12(18)16-11-8-15-17(4-2)9-11/h8-9,14H,3-7,10H2,1-2H3,(H,16,18). The molecule has 5 nitrogen and oxygen atoms in total. The minimum absolute atomic E-state index is 0.130. The number of aromatic nitrogens is 2. The van der Waals surface area contributed by atoms with Gasteiger partial charge in [-0.1, -0.05) is 13.3 Å². The van der Waals surface area contributed by atoms with Gasteiger partial charge >= 0.3 is 0 Å². The summed E-state index contributed by atoms with van der Waals surface area (Å²) in [6, 6.07) is 0. The van der Waals surface area contributed by atoms with Gasteiger partial charge in [-0.05, 0) is 26.3 Å². The molecule has 1 aliphatic heterocycles. The Balaban J connectivity index is 2.05. The van der Waals surface area contributed by atoms with Crippen molar-refractivity contribution in [3.8, 4) is 0 Å². The van der Waals surface area contributed by atoms with Gasteiger partial charge in [-0.2, -0.15) is 5.10 Å². The molecule has 1 atom stereocenters. The SMILES string of the molecule is CCCC1(C(=O)Nc2cnn(CC)c2)CCNC1. The second kappa shape index (κ2) is 5.52. The highest BCUT2D eigenvalue weighted by molar-refractivity contribution is 5.95. The van der Waals surface area contributed by atoms with Crippen molar-refractivity contribution in [1.29, 1.82) is 0 Å². The van der Waals surface area contributed by atoms with Crippen LogP contribution in [0.1, 0.15) is 33.1 Å². The third kappa shape index (κ3) is 2.56. The zero-order chi connectivity index (χ0) is 13.0. The van der Waals surface area contributed by atoms with Gasteiger partial charge in [0.2, 0.25) is 5.91 Å². The van der Waals surface area contributed by atoms with Crippen LogP contribution in [0.2, 0.25) is 0 Å². The number of hydrogen-bond donors (Lipinski definition) is 2. The van der Waals surface area contributed by atoms with Gasteiger partial charge in [-0.3, -0.25) is 9.48 Å². The first-order valence-electron chi connectivity index (χ1n) is 6.75. The largest absolute Gasteiger partial charge is 0.323 e. The fourth-order valence-corrected chi connectivity index (χ4v) is 2.61. The predicted octanol–water partition coefficient (Wildman–Crippen LogP) is 1.62. The first-order valence-corrected chi connectivity index (χ1v) is 6.75. The van der Waals surface area contributed by atoms with E-state index in [0.717, 1.165) is 44.6 Å². The molecule has 2 rings (SSSR count). The molecule has 0 aromatic carbocycles. The Bertz CT molecular complexity index is 407. The van der Waals surface area contributed by atoms with Crippen molar-refractivity contribution in [2.75, 3.05) is 18.4 Å². The lowest BCUT2D eigenvalue weighted by Gasteiger charge is -2.26. The Morgan fingerprint density at radius 3 is 3.00 bits per heavy atom. The van der Waals surface area contributed by atoms with Gasteiger partial charge in [0.05, 0.1) is 17.3 Å². The Morgan fingerprint density at radius 1 is 1.61 bits per heavy atom. The average Bonchev–Trinajstić information content (AvgIpc) is 2.99. The molecular weight excluding hydrogens is 228 g/mol. The van der Waals surface area contributed by atoms with Crippen molar-refractivity contribution in [3.05, 3.63) is 12.4 Å². The van der Waals surface area contributed by atoms with Crippen LogP contribution in [-0.4, -0.2) is 28.8 Å². The van der Waals surface area contributed by atoms with Crippen LogP contribution in [0.15, 0.2) is 12.4 Å². The van der Waals surface area contributed by atoms with Gasteiger partial charge in [0.1, 0.15) is 0 Å². The fraction of sp³-hybridized carbons (Fsp3) is 0.692. The summed E-state index contributed by atoms with van der Waals surface area (Å²) in [5.74, 6) is 0.130. The van der Waals surface area contributed by atoms with Crippen LogP contribution in [0.4, 0.5) is 5.69 Å². The third-order valence-corrected chi connectivity index (χ3v) is 3.67. The zero-order valence-corrected chi connectivity index (χ0v) is 11.2. The van der Waals surface area contributed by atoms with Gasteiger partial charge in [0.15, 0.2) is 0 Å². The molecule has 18 heavy (non-hydrogen) atoms. The molecule has 1 unspecified atom stereocenters. The molecule has 0 spiro atoms. The minimum atomic E-state index is -0.233. The molecule has 0 aliphatic carbocycles. The first kappa shape index (κ1) is 13.1. The molecule has 1 aromatic heterocycles. The van der Waals surface area contributed by atoms with Crippen LogP contribution in [0, 0.1) is 5.41 Å². The van der Waals surface area contributed by atoms with E-state index in [1.807, 2.05) is 17.8 Å². The number of carbonyl (C=O) groups excluding carboxylic acids is 1. The number of aryl methyl sites for hydroxylation is 1. The molecule has 1 fully saturated rings. The highest BCUT2D eigenvalue weighted by atomic mass is 16.2. The van der Waals surface area contributed by atoms with Crippen molar-refractivity contribution in [3.63, 3.8) is 0 Å². The monoisotopic (exact) mass is 250 g/mol. The summed E-state index contributed by atoms with van der Waals surface area (Å²) in [7, 11) is 0. The van der Waals surface area contributed by atoms with E-state index in [9.17, 15) is 4.79 Å². The predicted molar refractivity (Wildman–Crippen MR) is 71.4 cm³/mol. The third-order valence-electron chi connectivity index (χ3n) is 3.67. The van der Waals surface area contributed by atoms with E-state index in [2.05, 4.69) is 22.7 Å². The molecule has 0 bridgehead atoms. The topological polar surface area (TPSA) is 59.0 Å². The van der Waals surface area contributed by atoms with Crippen molar-refractivity contribution < 1.29 is 4.79 Å². The normalized spacial score (nSPS) is 23.2. The average molecular weight is 250 g/mol. The second-order valence-electron chi connectivity index (χ2n) is 5.00. The van der Waals surface area contributed by atoms with Crippen LogP contribution >= 0.6 is 0 Å². The minimum Gasteiger partial charge on any atom is -0.323 e. The van der Waals surface area contributed by atoms with Crippen molar-refractivity contribution >= 4 is 11.6 Å². The van der Waals surface area contributed by atoms with E-state index in [1.54, 1.807) is 6.20 Å². The van der Waals surface area contributed by atoms with Crippen LogP contribution in [0.3, 0.4) is 0 Å². The smallest absolute Gasteiger partial charge is 0.232 e. The summed E-state index contributed by atoms with van der Waals surface area (Å²) in [4.78, 5) is 12.4. The maximum Gasteiger partial charge on any atom is 0.232 e. The van der Waals surface area contributed by atoms with Gasteiger partial charge in [-0.25, -0.2) is 0 Å². The zero-order valence-electron chi connectivity index (χ0n) is 11.2. The Morgan fingerprint density at radius 2 is 2.44 bits per heavy atom. The summed E-state index contributed by atoms with van der Waals surface area (Å²) >= 11 is 0. The molecule has 1 saturated heterocycles. The molecule has 2 N–H and O–H groups in total. The quantitative estimate of drug-likeness (QED) is 0.835. The Hall–Kier alpha value is -1.36. The molecule has 5 heteroatoms. The van der Waals surface area contributed by atoms with Crippen LogP contribution in [-0.2, 0) is 11.3 Å². The van der Waals surface area contributed by atoms with E-state index in [4.69, 9.17) is 0 Å². The van der Waals surface area contributed by atoms with Crippen molar-refractivity contribution in [2.24, 2.45) is 5.41 Å². The molecule has 1 aliphatic rings. The van der Waals surface area contributed by atoms with E-state index in [-0.39, 0.29) is 11.3 Å². The Labute approximate surface area is 108 Å². The lowest BCUT2D eigenvalue weighted by atomic mass is 9.81. The number of amides is 1. The molecule has 1 aromatic rings. The van der Waals surface area contributed by atoms with E-state index < -0.39 is 0 Å². The van der Waals surface area contributed by atoms with Gasteiger partial charge in [0, 0.05) is 19.3 Å². The Kier molecular flexibility index (Phi) is 4.01. The maximum absolute atomic E-state index is 12.4. The van der Waals surface area contributed by atoms with Gasteiger partial charge in [-0.15, -0.1) is 0 Å².